The third-order valence-corrected chi connectivity index (χ3v) is 5.93. The first-order chi connectivity index (χ1) is 16.3. The van der Waals surface area contributed by atoms with E-state index in [-0.39, 0.29) is 37.9 Å². The highest BCUT2D eigenvalue weighted by Crippen LogP contribution is 2.39. The van der Waals surface area contributed by atoms with E-state index in [4.69, 9.17) is 15.6 Å². The molecule has 0 amide bonds. The van der Waals surface area contributed by atoms with Crippen molar-refractivity contribution in [1.29, 1.82) is 0 Å². The van der Waals surface area contributed by atoms with Crippen LogP contribution in [0.1, 0.15) is 18.0 Å². The summed E-state index contributed by atoms with van der Waals surface area (Å²) in [4.78, 5) is 6.02. The molecule has 1 aliphatic rings. The zero-order valence-corrected chi connectivity index (χ0v) is 18.1. The Balaban J connectivity index is 1.59. The number of halogens is 3. The third-order valence-electron chi connectivity index (χ3n) is 5.93. The van der Waals surface area contributed by atoms with Gasteiger partial charge in [0.05, 0.1) is 6.61 Å². The molecule has 2 atom stereocenters. The number of para-hydroxylation sites is 1. The van der Waals surface area contributed by atoms with Crippen molar-refractivity contribution in [3.8, 4) is 17.3 Å². The van der Waals surface area contributed by atoms with Crippen molar-refractivity contribution in [1.82, 2.24) is 24.5 Å². The Morgan fingerprint density at radius 1 is 1.15 bits per heavy atom. The molecule has 1 fully saturated rings. The summed E-state index contributed by atoms with van der Waals surface area (Å²) in [6, 6.07) is 9.90. The van der Waals surface area contributed by atoms with Crippen molar-refractivity contribution < 1.29 is 23.0 Å². The fourth-order valence-electron chi connectivity index (χ4n) is 4.42. The van der Waals surface area contributed by atoms with Gasteiger partial charge in [0.1, 0.15) is 29.6 Å². The second-order valence-corrected chi connectivity index (χ2v) is 8.30. The molecule has 3 N–H and O–H groups in total. The van der Waals surface area contributed by atoms with E-state index in [1.54, 1.807) is 12.1 Å². The van der Waals surface area contributed by atoms with Gasteiger partial charge < -0.3 is 15.6 Å². The summed E-state index contributed by atoms with van der Waals surface area (Å²) in [6.07, 6.45) is -2.52. The van der Waals surface area contributed by atoms with Crippen molar-refractivity contribution in [3.63, 3.8) is 0 Å². The van der Waals surface area contributed by atoms with E-state index in [1.807, 2.05) is 18.2 Å². The predicted octanol–water partition coefficient (Wildman–Crippen LogP) is 2.95. The molecule has 0 spiro atoms. The van der Waals surface area contributed by atoms with Crippen molar-refractivity contribution in [2.24, 2.45) is 5.73 Å². The average Bonchev–Trinajstić information content (AvgIpc) is 3.42. The van der Waals surface area contributed by atoms with Crippen LogP contribution in [0.5, 0.6) is 5.75 Å². The molecule has 0 unspecified atom stereocenters. The Kier molecular flexibility index (Phi) is 5.84. The van der Waals surface area contributed by atoms with Gasteiger partial charge in [-0.2, -0.15) is 13.2 Å². The molecule has 1 saturated heterocycles. The lowest BCUT2D eigenvalue weighted by Gasteiger charge is -2.30. The summed E-state index contributed by atoms with van der Waals surface area (Å²) in [5.41, 5.74) is 7.36. The van der Waals surface area contributed by atoms with Crippen molar-refractivity contribution in [3.05, 3.63) is 54.2 Å². The van der Waals surface area contributed by atoms with Crippen LogP contribution in [0.15, 0.2) is 48.7 Å². The molecule has 8 nitrogen and oxygen atoms in total. The molecule has 4 aromatic rings. The van der Waals surface area contributed by atoms with Crippen LogP contribution in [0, 0.1) is 0 Å². The number of ether oxygens (including phenoxy) is 1. The van der Waals surface area contributed by atoms with Gasteiger partial charge in [-0.25, -0.2) is 4.98 Å². The Hall–Kier alpha value is -3.28. The minimum Gasteiger partial charge on any atom is -0.489 e. The van der Waals surface area contributed by atoms with E-state index in [1.165, 1.54) is 27.6 Å². The Morgan fingerprint density at radius 2 is 2.00 bits per heavy atom. The first-order valence-electron chi connectivity index (χ1n) is 10.9. The Labute approximate surface area is 192 Å². The monoisotopic (exact) mass is 472 g/mol. The standard InChI is InChI=1S/C23H23F3N6O2/c24-23(25,26)21(31-9-8-16(27)13-31)15-5-7-19-29-30-22(32(19)12-15)17-6-4-14-2-1-3-18(20(14)28-17)34-11-10-33/h1-7,12,16,21,33H,8-11,13,27H2/t16-,21+/m0/s1. The quantitative estimate of drug-likeness (QED) is 0.445. The minimum atomic E-state index is -4.47. The number of benzene rings is 1. The van der Waals surface area contributed by atoms with Crippen molar-refractivity contribution in [2.45, 2.75) is 24.7 Å². The van der Waals surface area contributed by atoms with Crippen LogP contribution in [-0.2, 0) is 0 Å². The number of likely N-dealkylation sites (tertiary alicyclic amines) is 1. The number of alkyl halides is 3. The summed E-state index contributed by atoms with van der Waals surface area (Å²) in [7, 11) is 0. The van der Waals surface area contributed by atoms with Crippen molar-refractivity contribution in [2.75, 3.05) is 26.3 Å². The van der Waals surface area contributed by atoms with Crippen LogP contribution in [0.25, 0.3) is 28.1 Å². The number of hydrogen-bond acceptors (Lipinski definition) is 7. The maximum atomic E-state index is 14.1. The predicted molar refractivity (Wildman–Crippen MR) is 119 cm³/mol. The minimum absolute atomic E-state index is 0.0860. The molecule has 0 bridgehead atoms. The molecule has 34 heavy (non-hydrogen) atoms. The highest BCUT2D eigenvalue weighted by molar-refractivity contribution is 5.86. The molecule has 4 heterocycles. The lowest BCUT2D eigenvalue weighted by Crippen LogP contribution is -2.38. The van der Waals surface area contributed by atoms with Crippen LogP contribution < -0.4 is 10.5 Å². The maximum absolute atomic E-state index is 14.1. The number of hydrogen-bond donors (Lipinski definition) is 2. The molecular weight excluding hydrogens is 449 g/mol. The zero-order valence-electron chi connectivity index (χ0n) is 18.1. The third kappa shape index (κ3) is 4.17. The first kappa shape index (κ1) is 22.5. The van der Waals surface area contributed by atoms with Gasteiger partial charge in [-0.05, 0) is 30.2 Å². The molecule has 5 rings (SSSR count). The molecule has 178 valence electrons. The summed E-state index contributed by atoms with van der Waals surface area (Å²) < 4.78 is 49.4. The van der Waals surface area contributed by atoms with Crippen LogP contribution in [0.3, 0.4) is 0 Å². The fourth-order valence-corrected chi connectivity index (χ4v) is 4.42. The number of nitrogens with zero attached hydrogens (tertiary/aromatic N) is 5. The second kappa shape index (κ2) is 8.82. The lowest BCUT2D eigenvalue weighted by atomic mass is 10.1. The van der Waals surface area contributed by atoms with E-state index >= 15 is 0 Å². The zero-order chi connectivity index (χ0) is 23.9. The van der Waals surface area contributed by atoms with E-state index in [0.717, 1.165) is 5.39 Å². The lowest BCUT2D eigenvalue weighted by molar-refractivity contribution is -0.183. The van der Waals surface area contributed by atoms with E-state index in [2.05, 4.69) is 15.2 Å². The Bertz CT molecular complexity index is 1330. The second-order valence-electron chi connectivity index (χ2n) is 8.30. The number of aromatic nitrogens is 4. The van der Waals surface area contributed by atoms with Gasteiger partial charge in [0.15, 0.2) is 11.5 Å². The highest BCUT2D eigenvalue weighted by Gasteiger charge is 2.46. The molecule has 1 aromatic carbocycles. The SMILES string of the molecule is N[C@H]1CCN([C@H](c2ccc3nnc(-c4ccc5cccc(OCCO)c5n4)n3c2)C(F)(F)F)C1. The van der Waals surface area contributed by atoms with Gasteiger partial charge in [-0.1, -0.05) is 24.3 Å². The van der Waals surface area contributed by atoms with Gasteiger partial charge in [0.25, 0.3) is 0 Å². The summed E-state index contributed by atoms with van der Waals surface area (Å²) in [5, 5.41) is 18.2. The maximum Gasteiger partial charge on any atom is 0.408 e. The highest BCUT2D eigenvalue weighted by atomic mass is 19.4. The summed E-state index contributed by atoms with van der Waals surface area (Å²) in [5.74, 6) is 0.806. The number of rotatable bonds is 6. The van der Waals surface area contributed by atoms with E-state index in [9.17, 15) is 13.2 Å². The molecule has 0 aliphatic carbocycles. The van der Waals surface area contributed by atoms with Gasteiger partial charge in [0.2, 0.25) is 0 Å². The van der Waals surface area contributed by atoms with Gasteiger partial charge in [-0.3, -0.25) is 9.30 Å². The van der Waals surface area contributed by atoms with Crippen LogP contribution in [0.2, 0.25) is 0 Å². The number of pyridine rings is 2. The van der Waals surface area contributed by atoms with Crippen LogP contribution in [-0.4, -0.2) is 68.1 Å². The van der Waals surface area contributed by atoms with Crippen LogP contribution >= 0.6 is 0 Å². The number of aliphatic hydroxyl groups excluding tert-OH is 1. The summed E-state index contributed by atoms with van der Waals surface area (Å²) >= 11 is 0. The summed E-state index contributed by atoms with van der Waals surface area (Å²) in [6.45, 7) is 0.429. The Morgan fingerprint density at radius 3 is 2.74 bits per heavy atom. The molecule has 0 saturated carbocycles. The number of fused-ring (bicyclic) bond motifs is 2. The molecular formula is C23H23F3N6O2. The van der Waals surface area contributed by atoms with E-state index < -0.39 is 12.2 Å². The molecule has 1 aliphatic heterocycles. The molecule has 11 heteroatoms. The normalized spacial score (nSPS) is 18.1. The molecule has 0 radical (unpaired) electrons. The topological polar surface area (TPSA) is 102 Å². The fraction of sp³-hybridized carbons (Fsp3) is 0.348. The van der Waals surface area contributed by atoms with Gasteiger partial charge >= 0.3 is 6.18 Å². The average molecular weight is 472 g/mol. The number of aliphatic hydroxyl groups is 1. The van der Waals surface area contributed by atoms with Crippen LogP contribution in [0.4, 0.5) is 13.2 Å². The first-order valence-corrected chi connectivity index (χ1v) is 10.9. The van der Waals surface area contributed by atoms with Gasteiger partial charge in [-0.15, -0.1) is 10.2 Å². The van der Waals surface area contributed by atoms with Gasteiger partial charge in [0, 0.05) is 30.7 Å². The largest absolute Gasteiger partial charge is 0.489 e. The van der Waals surface area contributed by atoms with E-state index in [0.29, 0.717) is 34.9 Å². The number of nitrogens with two attached hydrogens (primary N) is 1. The smallest absolute Gasteiger partial charge is 0.408 e. The van der Waals surface area contributed by atoms with Crippen molar-refractivity contribution >= 4 is 16.6 Å². The molecule has 3 aromatic heterocycles.